The van der Waals surface area contributed by atoms with E-state index in [1.165, 1.54) is 6.07 Å². The number of benzene rings is 1. The highest BCUT2D eigenvalue weighted by Gasteiger charge is 2.26. The third-order valence-electron chi connectivity index (χ3n) is 4.00. The van der Waals surface area contributed by atoms with E-state index in [-0.39, 0.29) is 12.2 Å². The number of carbonyl (C=O) groups is 1. The van der Waals surface area contributed by atoms with Gasteiger partial charge in [0.05, 0.1) is 19.3 Å². The van der Waals surface area contributed by atoms with Crippen LogP contribution in [0.2, 0.25) is 0 Å². The molecule has 0 spiro atoms. The molecular formula is C15H18F2N2O3. The first-order chi connectivity index (χ1) is 10.6. The molecule has 120 valence electrons. The van der Waals surface area contributed by atoms with Crippen molar-refractivity contribution in [3.05, 3.63) is 35.4 Å². The standard InChI is InChI=1S/C15H18F2N2O3/c16-12-2-1-11(9-13(12)17)14-10-18(5-7-21-14)3-4-19-6-8-22-15(19)20/h1-2,9,14H,3-8,10H2/t14-/m1/s1. The highest BCUT2D eigenvalue weighted by molar-refractivity contribution is 5.69. The highest BCUT2D eigenvalue weighted by atomic mass is 19.2. The number of carbonyl (C=O) groups excluding carboxylic acids is 1. The second-order valence-corrected chi connectivity index (χ2v) is 5.44. The van der Waals surface area contributed by atoms with E-state index >= 15 is 0 Å². The number of hydrogen-bond acceptors (Lipinski definition) is 4. The van der Waals surface area contributed by atoms with Crippen LogP contribution in [-0.2, 0) is 9.47 Å². The first-order valence-electron chi connectivity index (χ1n) is 7.34. The molecule has 0 aromatic heterocycles. The average molecular weight is 312 g/mol. The van der Waals surface area contributed by atoms with Gasteiger partial charge in [-0.1, -0.05) is 6.07 Å². The van der Waals surface area contributed by atoms with Crippen molar-refractivity contribution in [2.45, 2.75) is 6.10 Å². The lowest BCUT2D eigenvalue weighted by atomic mass is 10.1. The van der Waals surface area contributed by atoms with Crippen LogP contribution >= 0.6 is 0 Å². The van der Waals surface area contributed by atoms with Gasteiger partial charge in [0.25, 0.3) is 0 Å². The van der Waals surface area contributed by atoms with Gasteiger partial charge in [-0.05, 0) is 17.7 Å². The third kappa shape index (κ3) is 3.36. The summed E-state index contributed by atoms with van der Waals surface area (Å²) < 4.78 is 36.9. The Hall–Kier alpha value is -1.73. The lowest BCUT2D eigenvalue weighted by Gasteiger charge is -2.33. The number of rotatable bonds is 4. The van der Waals surface area contributed by atoms with Crippen molar-refractivity contribution in [3.63, 3.8) is 0 Å². The van der Waals surface area contributed by atoms with Gasteiger partial charge < -0.3 is 14.4 Å². The van der Waals surface area contributed by atoms with Crippen LogP contribution in [0.15, 0.2) is 18.2 Å². The van der Waals surface area contributed by atoms with Crippen molar-refractivity contribution in [2.75, 3.05) is 45.9 Å². The Morgan fingerprint density at radius 2 is 2.00 bits per heavy atom. The Morgan fingerprint density at radius 1 is 1.14 bits per heavy atom. The fourth-order valence-corrected chi connectivity index (χ4v) is 2.71. The van der Waals surface area contributed by atoms with Crippen molar-refractivity contribution >= 4 is 6.09 Å². The quantitative estimate of drug-likeness (QED) is 0.850. The Balaban J connectivity index is 1.56. The summed E-state index contributed by atoms with van der Waals surface area (Å²) in [6.07, 6.45) is -0.556. The molecule has 3 rings (SSSR count). The second-order valence-electron chi connectivity index (χ2n) is 5.44. The van der Waals surface area contributed by atoms with Crippen LogP contribution in [0, 0.1) is 11.6 Å². The topological polar surface area (TPSA) is 42.0 Å². The van der Waals surface area contributed by atoms with Crippen LogP contribution < -0.4 is 0 Å². The predicted octanol–water partition coefficient (Wildman–Crippen LogP) is 1.79. The van der Waals surface area contributed by atoms with Gasteiger partial charge in [0.1, 0.15) is 6.61 Å². The van der Waals surface area contributed by atoms with Gasteiger partial charge in [0, 0.05) is 26.2 Å². The van der Waals surface area contributed by atoms with Crippen LogP contribution in [0.4, 0.5) is 13.6 Å². The maximum absolute atomic E-state index is 13.3. The zero-order valence-electron chi connectivity index (χ0n) is 12.1. The summed E-state index contributed by atoms with van der Waals surface area (Å²) in [7, 11) is 0. The molecule has 0 saturated carbocycles. The Kier molecular flexibility index (Phi) is 4.54. The zero-order chi connectivity index (χ0) is 15.5. The second kappa shape index (κ2) is 6.58. The van der Waals surface area contributed by atoms with Crippen molar-refractivity contribution < 1.29 is 23.0 Å². The molecular weight excluding hydrogens is 294 g/mol. The van der Waals surface area contributed by atoms with E-state index in [4.69, 9.17) is 9.47 Å². The molecule has 7 heteroatoms. The molecule has 1 aromatic carbocycles. The molecule has 0 unspecified atom stereocenters. The van der Waals surface area contributed by atoms with E-state index in [1.54, 1.807) is 11.0 Å². The highest BCUT2D eigenvalue weighted by Crippen LogP contribution is 2.23. The lowest BCUT2D eigenvalue weighted by Crippen LogP contribution is -2.42. The van der Waals surface area contributed by atoms with Gasteiger partial charge in [-0.25, -0.2) is 13.6 Å². The summed E-state index contributed by atoms with van der Waals surface area (Å²) in [5.74, 6) is -1.72. The molecule has 2 saturated heterocycles. The summed E-state index contributed by atoms with van der Waals surface area (Å²) in [5.41, 5.74) is 0.629. The minimum Gasteiger partial charge on any atom is -0.448 e. The lowest BCUT2D eigenvalue weighted by molar-refractivity contribution is -0.0312. The van der Waals surface area contributed by atoms with E-state index in [0.717, 1.165) is 12.6 Å². The van der Waals surface area contributed by atoms with Crippen LogP contribution in [-0.4, -0.2) is 61.8 Å². The van der Waals surface area contributed by atoms with Crippen molar-refractivity contribution in [1.82, 2.24) is 9.80 Å². The Labute approximate surface area is 127 Å². The van der Waals surface area contributed by atoms with Crippen LogP contribution in [0.1, 0.15) is 11.7 Å². The molecule has 1 aromatic rings. The van der Waals surface area contributed by atoms with Crippen molar-refractivity contribution in [2.24, 2.45) is 0 Å². The first kappa shape index (κ1) is 15.2. The van der Waals surface area contributed by atoms with E-state index in [2.05, 4.69) is 4.90 Å². The molecule has 1 amide bonds. The predicted molar refractivity (Wildman–Crippen MR) is 74.4 cm³/mol. The number of hydrogen-bond donors (Lipinski definition) is 0. The van der Waals surface area contributed by atoms with Gasteiger partial charge in [-0.15, -0.1) is 0 Å². The van der Waals surface area contributed by atoms with Gasteiger partial charge in [-0.2, -0.15) is 0 Å². The Morgan fingerprint density at radius 3 is 2.73 bits per heavy atom. The van der Waals surface area contributed by atoms with Crippen LogP contribution in [0.25, 0.3) is 0 Å². The van der Waals surface area contributed by atoms with E-state index in [0.29, 0.717) is 45.0 Å². The molecule has 22 heavy (non-hydrogen) atoms. The maximum Gasteiger partial charge on any atom is 0.409 e. The number of morpholine rings is 1. The van der Waals surface area contributed by atoms with E-state index in [9.17, 15) is 13.6 Å². The summed E-state index contributed by atoms with van der Waals surface area (Å²) in [6.45, 7) is 4.24. The molecule has 2 aliphatic heterocycles. The molecule has 2 fully saturated rings. The number of ether oxygens (including phenoxy) is 2. The number of amides is 1. The molecule has 0 radical (unpaired) electrons. The molecule has 2 heterocycles. The monoisotopic (exact) mass is 312 g/mol. The minimum atomic E-state index is -0.863. The third-order valence-corrected chi connectivity index (χ3v) is 4.00. The number of nitrogens with zero attached hydrogens (tertiary/aromatic N) is 2. The minimum absolute atomic E-state index is 0.273. The van der Waals surface area contributed by atoms with Gasteiger partial charge in [0.2, 0.25) is 0 Å². The fourth-order valence-electron chi connectivity index (χ4n) is 2.71. The SMILES string of the molecule is O=C1OCCN1CCN1CCO[C@@H](c2ccc(F)c(F)c2)C1. The number of halogens is 2. The largest absolute Gasteiger partial charge is 0.448 e. The maximum atomic E-state index is 13.3. The number of cyclic esters (lactones) is 1. The summed E-state index contributed by atoms with van der Waals surface area (Å²) in [6, 6.07) is 3.85. The van der Waals surface area contributed by atoms with Crippen molar-refractivity contribution in [1.29, 1.82) is 0 Å². The first-order valence-corrected chi connectivity index (χ1v) is 7.34. The van der Waals surface area contributed by atoms with E-state index < -0.39 is 11.6 Å². The van der Waals surface area contributed by atoms with Crippen LogP contribution in [0.5, 0.6) is 0 Å². The molecule has 0 N–H and O–H groups in total. The Bertz CT molecular complexity index is 556. The van der Waals surface area contributed by atoms with Crippen LogP contribution in [0.3, 0.4) is 0 Å². The molecule has 5 nitrogen and oxygen atoms in total. The molecule has 1 atom stereocenters. The molecule has 0 aliphatic carbocycles. The molecule has 0 bridgehead atoms. The zero-order valence-corrected chi connectivity index (χ0v) is 12.1. The van der Waals surface area contributed by atoms with E-state index in [1.807, 2.05) is 0 Å². The normalized spacial score (nSPS) is 22.9. The van der Waals surface area contributed by atoms with Gasteiger partial charge >= 0.3 is 6.09 Å². The van der Waals surface area contributed by atoms with Crippen molar-refractivity contribution in [3.8, 4) is 0 Å². The fraction of sp³-hybridized carbons (Fsp3) is 0.533. The summed E-state index contributed by atoms with van der Waals surface area (Å²) in [5, 5.41) is 0. The molecule has 2 aliphatic rings. The summed E-state index contributed by atoms with van der Waals surface area (Å²) >= 11 is 0. The van der Waals surface area contributed by atoms with Gasteiger partial charge in [-0.3, -0.25) is 4.90 Å². The van der Waals surface area contributed by atoms with Gasteiger partial charge in [0.15, 0.2) is 11.6 Å². The smallest absolute Gasteiger partial charge is 0.409 e. The average Bonchev–Trinajstić information content (AvgIpc) is 2.93. The summed E-state index contributed by atoms with van der Waals surface area (Å²) in [4.78, 5) is 15.2.